The van der Waals surface area contributed by atoms with Crippen molar-refractivity contribution in [3.05, 3.63) is 0 Å². The normalized spacial score (nSPS) is 25.0. The summed E-state index contributed by atoms with van der Waals surface area (Å²) in [4.78, 5) is 2.68. The molecule has 2 aliphatic rings. The van der Waals surface area contributed by atoms with Gasteiger partial charge in [0.15, 0.2) is 0 Å². The summed E-state index contributed by atoms with van der Waals surface area (Å²) in [6, 6.07) is 0. The van der Waals surface area contributed by atoms with Crippen LogP contribution in [0.15, 0.2) is 0 Å². The third kappa shape index (κ3) is 3.13. The van der Waals surface area contributed by atoms with Gasteiger partial charge in [0.2, 0.25) is 0 Å². The molecule has 0 amide bonds. The Bertz CT molecular complexity index is 195. The summed E-state index contributed by atoms with van der Waals surface area (Å²) in [7, 11) is 0. The zero-order chi connectivity index (χ0) is 10.7. The summed E-state index contributed by atoms with van der Waals surface area (Å²) in [5, 5.41) is 0. The summed E-state index contributed by atoms with van der Waals surface area (Å²) in [5.74, 6) is 2.12. The van der Waals surface area contributed by atoms with Gasteiger partial charge < -0.3 is 4.90 Å². The molecule has 0 heterocycles. The largest absolute Gasteiger partial charge is 0.303 e. The molecule has 2 rings (SSSR count). The molecule has 0 atom stereocenters. The van der Waals surface area contributed by atoms with Gasteiger partial charge in [-0.25, -0.2) is 0 Å². The summed E-state index contributed by atoms with van der Waals surface area (Å²) < 4.78 is 0. The molecule has 0 saturated heterocycles. The topological polar surface area (TPSA) is 3.24 Å². The molecule has 15 heavy (non-hydrogen) atoms. The molecule has 0 aromatic rings. The van der Waals surface area contributed by atoms with Crippen LogP contribution in [0.3, 0.4) is 0 Å². The van der Waals surface area contributed by atoms with E-state index < -0.39 is 0 Å². The second-order valence-electron chi connectivity index (χ2n) is 5.64. The zero-order valence-corrected chi connectivity index (χ0v) is 10.9. The summed E-state index contributed by atoms with van der Waals surface area (Å²) in [6.45, 7) is 6.20. The molecule has 2 aliphatic carbocycles. The van der Waals surface area contributed by atoms with Crippen molar-refractivity contribution in [3.63, 3.8) is 0 Å². The van der Waals surface area contributed by atoms with Crippen LogP contribution in [0.4, 0.5) is 0 Å². The summed E-state index contributed by atoms with van der Waals surface area (Å²) >= 11 is 4.59. The highest BCUT2D eigenvalue weighted by Crippen LogP contribution is 2.40. The van der Waals surface area contributed by atoms with Crippen molar-refractivity contribution in [2.45, 2.75) is 45.4 Å². The standard InChI is InChI=1S/C13H25NS/c1-2-14(9-12-5-6-12)10-13(11-15)7-3-4-8-13/h12,15H,2-11H2,1H3. The number of hydrogen-bond acceptors (Lipinski definition) is 2. The van der Waals surface area contributed by atoms with Crippen molar-refractivity contribution in [1.82, 2.24) is 4.90 Å². The Hall–Kier alpha value is 0.310. The van der Waals surface area contributed by atoms with Crippen LogP contribution in [0.25, 0.3) is 0 Å². The monoisotopic (exact) mass is 227 g/mol. The number of nitrogens with zero attached hydrogens (tertiary/aromatic N) is 1. The predicted molar refractivity (Wildman–Crippen MR) is 69.6 cm³/mol. The van der Waals surface area contributed by atoms with Gasteiger partial charge in [-0.3, -0.25) is 0 Å². The van der Waals surface area contributed by atoms with E-state index in [0.29, 0.717) is 5.41 Å². The third-order valence-electron chi connectivity index (χ3n) is 4.22. The van der Waals surface area contributed by atoms with E-state index in [-0.39, 0.29) is 0 Å². The lowest BCUT2D eigenvalue weighted by atomic mass is 9.88. The molecule has 0 bridgehead atoms. The van der Waals surface area contributed by atoms with Gasteiger partial charge in [0, 0.05) is 13.1 Å². The predicted octanol–water partition coefficient (Wildman–Crippen LogP) is 3.21. The first kappa shape index (κ1) is 11.8. The maximum absolute atomic E-state index is 4.59. The molecule has 1 nitrogen and oxygen atoms in total. The maximum Gasteiger partial charge on any atom is 0.00458 e. The molecule has 0 aliphatic heterocycles. The Morgan fingerprint density at radius 3 is 2.40 bits per heavy atom. The van der Waals surface area contributed by atoms with Crippen molar-refractivity contribution in [3.8, 4) is 0 Å². The van der Waals surface area contributed by atoms with Crippen molar-refractivity contribution >= 4 is 12.6 Å². The minimum absolute atomic E-state index is 0.564. The second kappa shape index (κ2) is 5.09. The highest BCUT2D eigenvalue weighted by atomic mass is 32.1. The highest BCUT2D eigenvalue weighted by molar-refractivity contribution is 7.80. The molecule has 0 aromatic heterocycles. The fraction of sp³-hybridized carbons (Fsp3) is 1.00. The SMILES string of the molecule is CCN(CC1CC1)CC1(CS)CCCC1. The van der Waals surface area contributed by atoms with E-state index in [1.165, 1.54) is 58.2 Å². The van der Waals surface area contributed by atoms with Gasteiger partial charge in [-0.15, -0.1) is 0 Å². The highest BCUT2D eigenvalue weighted by Gasteiger charge is 2.35. The van der Waals surface area contributed by atoms with Gasteiger partial charge in [0.1, 0.15) is 0 Å². The van der Waals surface area contributed by atoms with Crippen LogP contribution in [0.2, 0.25) is 0 Å². The number of thiol groups is 1. The van der Waals surface area contributed by atoms with Gasteiger partial charge >= 0.3 is 0 Å². The van der Waals surface area contributed by atoms with E-state index in [1.807, 2.05) is 0 Å². The van der Waals surface area contributed by atoms with Gasteiger partial charge in [-0.2, -0.15) is 12.6 Å². The Labute approximate surface area is 100 Å². The molecular formula is C13H25NS. The number of hydrogen-bond donors (Lipinski definition) is 1. The first-order chi connectivity index (χ1) is 7.28. The molecule has 0 unspecified atom stereocenters. The second-order valence-corrected chi connectivity index (χ2v) is 5.95. The van der Waals surface area contributed by atoms with Gasteiger partial charge in [-0.05, 0) is 49.3 Å². The fourth-order valence-electron chi connectivity index (χ4n) is 2.94. The Morgan fingerprint density at radius 2 is 1.93 bits per heavy atom. The molecule has 88 valence electrons. The van der Waals surface area contributed by atoms with Crippen LogP contribution in [0.5, 0.6) is 0 Å². The smallest absolute Gasteiger partial charge is 0.00458 e. The quantitative estimate of drug-likeness (QED) is 0.682. The van der Waals surface area contributed by atoms with Crippen LogP contribution in [-0.2, 0) is 0 Å². The van der Waals surface area contributed by atoms with Gasteiger partial charge in [0.05, 0.1) is 0 Å². The summed E-state index contributed by atoms with van der Waals surface area (Å²) in [5.41, 5.74) is 0.564. The van der Waals surface area contributed by atoms with E-state index >= 15 is 0 Å². The Morgan fingerprint density at radius 1 is 1.27 bits per heavy atom. The molecule has 0 spiro atoms. The average Bonchev–Trinajstić information content (AvgIpc) is 2.95. The van der Waals surface area contributed by atoms with Gasteiger partial charge in [-0.1, -0.05) is 19.8 Å². The van der Waals surface area contributed by atoms with Gasteiger partial charge in [0.25, 0.3) is 0 Å². The first-order valence-corrected chi connectivity index (χ1v) is 7.24. The summed E-state index contributed by atoms with van der Waals surface area (Å²) in [6.07, 6.45) is 8.65. The zero-order valence-electron chi connectivity index (χ0n) is 10.0. The van der Waals surface area contributed by atoms with Crippen molar-refractivity contribution in [1.29, 1.82) is 0 Å². The molecule has 2 heteroatoms. The van der Waals surface area contributed by atoms with Crippen LogP contribution in [0.1, 0.15) is 45.4 Å². The maximum atomic E-state index is 4.59. The van der Waals surface area contributed by atoms with Crippen molar-refractivity contribution < 1.29 is 0 Å². The molecular weight excluding hydrogens is 202 g/mol. The lowest BCUT2D eigenvalue weighted by molar-refractivity contribution is 0.172. The molecule has 0 aromatic carbocycles. The third-order valence-corrected chi connectivity index (χ3v) is 4.89. The molecule has 2 fully saturated rings. The lowest BCUT2D eigenvalue weighted by Gasteiger charge is -2.34. The molecule has 0 N–H and O–H groups in total. The van der Waals surface area contributed by atoms with Crippen LogP contribution in [-0.4, -0.2) is 30.3 Å². The lowest BCUT2D eigenvalue weighted by Crippen LogP contribution is -2.38. The van der Waals surface area contributed by atoms with Crippen LogP contribution in [0, 0.1) is 11.3 Å². The van der Waals surface area contributed by atoms with E-state index in [0.717, 1.165) is 11.7 Å². The van der Waals surface area contributed by atoms with Crippen LogP contribution < -0.4 is 0 Å². The van der Waals surface area contributed by atoms with E-state index in [2.05, 4.69) is 24.5 Å². The van der Waals surface area contributed by atoms with Crippen molar-refractivity contribution in [2.24, 2.45) is 11.3 Å². The minimum Gasteiger partial charge on any atom is -0.303 e. The molecule has 0 radical (unpaired) electrons. The fourth-order valence-corrected chi connectivity index (χ4v) is 3.35. The van der Waals surface area contributed by atoms with E-state index in [9.17, 15) is 0 Å². The van der Waals surface area contributed by atoms with Crippen LogP contribution >= 0.6 is 12.6 Å². The average molecular weight is 227 g/mol. The first-order valence-electron chi connectivity index (χ1n) is 6.61. The Kier molecular flexibility index (Phi) is 4.00. The van der Waals surface area contributed by atoms with E-state index in [4.69, 9.17) is 0 Å². The minimum atomic E-state index is 0.564. The molecule has 2 saturated carbocycles. The van der Waals surface area contributed by atoms with E-state index in [1.54, 1.807) is 0 Å². The number of rotatable bonds is 6. The van der Waals surface area contributed by atoms with Crippen molar-refractivity contribution in [2.75, 3.05) is 25.4 Å². The Balaban J connectivity index is 1.84.